The lowest BCUT2D eigenvalue weighted by Crippen LogP contribution is -2.56. The van der Waals surface area contributed by atoms with Crippen LogP contribution >= 0.6 is 23.2 Å². The minimum Gasteiger partial charge on any atom is -0.383 e. The number of aliphatic hydroxyl groups excluding tert-OH is 1. The van der Waals surface area contributed by atoms with Gasteiger partial charge in [-0.05, 0) is 80.5 Å². The van der Waals surface area contributed by atoms with Gasteiger partial charge in [0.2, 0.25) is 5.91 Å². The van der Waals surface area contributed by atoms with Crippen molar-refractivity contribution >= 4 is 34.9 Å². The Morgan fingerprint density at radius 1 is 1.18 bits per heavy atom. The van der Waals surface area contributed by atoms with Crippen LogP contribution in [0.1, 0.15) is 50.2 Å². The second kappa shape index (κ2) is 11.0. The highest BCUT2D eigenvalue weighted by atomic mass is 35.5. The van der Waals surface area contributed by atoms with Crippen LogP contribution < -0.4 is 11.1 Å². The molecule has 0 aliphatic carbocycles. The molecule has 1 aliphatic heterocycles. The Morgan fingerprint density at radius 2 is 1.88 bits per heavy atom. The Morgan fingerprint density at radius 3 is 2.48 bits per heavy atom. The molecule has 178 valence electrons. The fourth-order valence-electron chi connectivity index (χ4n) is 4.97. The number of nitrogens with one attached hydrogen (secondary N) is 1. The van der Waals surface area contributed by atoms with E-state index >= 15 is 0 Å². The normalized spacial score (nSPS) is 23.5. The molecule has 33 heavy (non-hydrogen) atoms. The van der Waals surface area contributed by atoms with Crippen molar-refractivity contribution in [3.8, 4) is 0 Å². The van der Waals surface area contributed by atoms with Gasteiger partial charge in [-0.2, -0.15) is 0 Å². The average molecular weight is 491 g/mol. The van der Waals surface area contributed by atoms with Crippen molar-refractivity contribution in [2.24, 2.45) is 17.1 Å². The van der Waals surface area contributed by atoms with Crippen molar-refractivity contribution in [3.63, 3.8) is 0 Å². The van der Waals surface area contributed by atoms with E-state index in [1.807, 2.05) is 55.5 Å². The van der Waals surface area contributed by atoms with Gasteiger partial charge in [-0.15, -0.1) is 0 Å². The second-order valence-electron chi connectivity index (χ2n) is 9.40. The number of Topliss-reactive ketones (excluding diaryl/α,β-unsaturated/α-hetero) is 1. The van der Waals surface area contributed by atoms with Crippen molar-refractivity contribution < 1.29 is 14.7 Å². The van der Waals surface area contributed by atoms with Gasteiger partial charge in [0.1, 0.15) is 11.9 Å². The van der Waals surface area contributed by atoms with Gasteiger partial charge in [0.15, 0.2) is 0 Å². The van der Waals surface area contributed by atoms with Crippen LogP contribution in [0.25, 0.3) is 0 Å². The highest BCUT2D eigenvalue weighted by Crippen LogP contribution is 2.43. The zero-order chi connectivity index (χ0) is 24.2. The first-order valence-corrected chi connectivity index (χ1v) is 12.1. The van der Waals surface area contributed by atoms with Crippen molar-refractivity contribution in [3.05, 3.63) is 69.7 Å². The Kier molecular flexibility index (Phi) is 8.57. The van der Waals surface area contributed by atoms with Gasteiger partial charge < -0.3 is 16.2 Å². The van der Waals surface area contributed by atoms with Gasteiger partial charge in [-0.3, -0.25) is 9.59 Å². The number of nitrogens with two attached hydrogens (primary N) is 1. The molecule has 0 radical (unpaired) electrons. The topological polar surface area (TPSA) is 92.4 Å². The first-order chi connectivity index (χ1) is 15.6. The fraction of sp³-hybridized carbons (Fsp3) is 0.462. The quantitative estimate of drug-likeness (QED) is 0.481. The van der Waals surface area contributed by atoms with Crippen LogP contribution in [0.2, 0.25) is 10.0 Å². The number of ketones is 1. The Bertz CT molecular complexity index is 982. The predicted octanol–water partition coefficient (Wildman–Crippen LogP) is 4.52. The Labute approximate surface area is 205 Å². The molecule has 0 saturated carbocycles. The number of rotatable bonds is 9. The van der Waals surface area contributed by atoms with E-state index in [0.29, 0.717) is 29.4 Å². The summed E-state index contributed by atoms with van der Waals surface area (Å²) in [7, 11) is 0. The van der Waals surface area contributed by atoms with Gasteiger partial charge in [-0.25, -0.2) is 0 Å². The van der Waals surface area contributed by atoms with Crippen molar-refractivity contribution in [1.29, 1.82) is 0 Å². The van der Waals surface area contributed by atoms with Gasteiger partial charge >= 0.3 is 0 Å². The number of hydrogen-bond acceptors (Lipinski definition) is 4. The number of aliphatic hydroxyl groups is 1. The molecule has 1 amide bonds. The number of primary amides is 1. The van der Waals surface area contributed by atoms with Crippen LogP contribution in [-0.2, 0) is 16.0 Å². The number of amides is 1. The van der Waals surface area contributed by atoms with Gasteiger partial charge in [0.05, 0.1) is 0 Å². The number of piperidine rings is 1. The summed E-state index contributed by atoms with van der Waals surface area (Å²) in [6.07, 6.45) is 1.24. The van der Waals surface area contributed by atoms with Crippen LogP contribution in [-0.4, -0.2) is 35.5 Å². The zero-order valence-electron chi connectivity index (χ0n) is 19.1. The lowest BCUT2D eigenvalue weighted by Gasteiger charge is -2.46. The predicted molar refractivity (Wildman–Crippen MR) is 132 cm³/mol. The summed E-state index contributed by atoms with van der Waals surface area (Å²) in [6, 6.07) is 15.3. The summed E-state index contributed by atoms with van der Waals surface area (Å²) in [6.45, 7) is 4.27. The number of hydrogen-bond donors (Lipinski definition) is 3. The van der Waals surface area contributed by atoms with E-state index in [1.165, 1.54) is 0 Å². The van der Waals surface area contributed by atoms with E-state index in [2.05, 4.69) is 5.32 Å². The Balaban J connectivity index is 1.89. The van der Waals surface area contributed by atoms with E-state index in [4.69, 9.17) is 28.9 Å². The summed E-state index contributed by atoms with van der Waals surface area (Å²) < 4.78 is 0. The summed E-state index contributed by atoms with van der Waals surface area (Å²) >= 11 is 12.3. The molecule has 2 aromatic carbocycles. The molecule has 1 fully saturated rings. The van der Waals surface area contributed by atoms with E-state index in [9.17, 15) is 14.7 Å². The Hall–Kier alpha value is -1.92. The number of aryl methyl sites for hydroxylation is 1. The fourth-order valence-corrected chi connectivity index (χ4v) is 5.29. The first kappa shape index (κ1) is 25.7. The largest absolute Gasteiger partial charge is 0.383 e. The van der Waals surface area contributed by atoms with E-state index in [-0.39, 0.29) is 30.1 Å². The molecule has 1 aliphatic rings. The number of carbonyl (C=O) groups is 2. The maximum atomic E-state index is 13.0. The van der Waals surface area contributed by atoms with Gasteiger partial charge in [0, 0.05) is 27.4 Å². The van der Waals surface area contributed by atoms with Crippen LogP contribution in [0, 0.1) is 11.3 Å². The first-order valence-electron chi connectivity index (χ1n) is 11.3. The molecule has 1 heterocycles. The SMILES string of the molecule is CC(=O)C(C)(CCc1ccc(Cl)cc1)[C@H]1NC[C@@H](C[C@@H](O)C(N)=O)C[C@@H]1c1cccc(Cl)c1. The maximum Gasteiger partial charge on any atom is 0.246 e. The van der Waals surface area contributed by atoms with Crippen LogP contribution in [0.3, 0.4) is 0 Å². The van der Waals surface area contributed by atoms with Crippen molar-refractivity contribution in [2.45, 2.75) is 57.6 Å². The standard InChI is InChI=1S/C26H32Cl2N2O3/c1-16(31)26(2,11-10-17-6-8-20(27)9-7-17)24-22(19-4-3-5-21(28)14-19)12-18(15-30-24)13-23(32)25(29)33/h3-9,14,18,22-24,30,32H,10-13,15H2,1-2H3,(H2,29,33)/t18-,22-,23-,24+,26?/m1/s1. The highest BCUT2D eigenvalue weighted by molar-refractivity contribution is 6.30. The molecule has 1 saturated heterocycles. The minimum atomic E-state index is -1.18. The summed E-state index contributed by atoms with van der Waals surface area (Å²) in [5.74, 6) is -0.563. The third-order valence-electron chi connectivity index (χ3n) is 7.11. The van der Waals surface area contributed by atoms with Gasteiger partial charge in [-0.1, -0.05) is 54.4 Å². The van der Waals surface area contributed by atoms with Crippen LogP contribution in [0.4, 0.5) is 0 Å². The summed E-state index contributed by atoms with van der Waals surface area (Å²) in [4.78, 5) is 24.4. The lowest BCUT2D eigenvalue weighted by atomic mass is 9.64. The van der Waals surface area contributed by atoms with Crippen molar-refractivity contribution in [1.82, 2.24) is 5.32 Å². The molecule has 5 nitrogen and oxygen atoms in total. The van der Waals surface area contributed by atoms with Crippen LogP contribution in [0.15, 0.2) is 48.5 Å². The molecule has 1 unspecified atom stereocenters. The van der Waals surface area contributed by atoms with Crippen molar-refractivity contribution in [2.75, 3.05) is 6.54 Å². The maximum absolute atomic E-state index is 13.0. The molecule has 5 atom stereocenters. The molecular weight excluding hydrogens is 459 g/mol. The molecule has 7 heteroatoms. The lowest BCUT2D eigenvalue weighted by molar-refractivity contribution is -0.128. The second-order valence-corrected chi connectivity index (χ2v) is 10.3. The summed E-state index contributed by atoms with van der Waals surface area (Å²) in [5, 5.41) is 15.0. The average Bonchev–Trinajstić information content (AvgIpc) is 2.78. The van der Waals surface area contributed by atoms with Crippen LogP contribution in [0.5, 0.6) is 0 Å². The number of carbonyl (C=O) groups excluding carboxylic acids is 2. The number of halogens is 2. The highest BCUT2D eigenvalue weighted by Gasteiger charge is 2.46. The molecule has 2 aromatic rings. The molecule has 3 rings (SSSR count). The molecular formula is C26H32Cl2N2O3. The van der Waals surface area contributed by atoms with Gasteiger partial charge in [0.25, 0.3) is 0 Å². The number of benzene rings is 2. The van der Waals surface area contributed by atoms with E-state index in [1.54, 1.807) is 6.92 Å². The third kappa shape index (κ3) is 6.36. The molecule has 0 spiro atoms. The summed E-state index contributed by atoms with van der Waals surface area (Å²) in [5.41, 5.74) is 6.82. The smallest absolute Gasteiger partial charge is 0.246 e. The molecule has 0 aromatic heterocycles. The monoisotopic (exact) mass is 490 g/mol. The molecule has 0 bridgehead atoms. The third-order valence-corrected chi connectivity index (χ3v) is 7.60. The van der Waals surface area contributed by atoms with E-state index < -0.39 is 17.4 Å². The van der Waals surface area contributed by atoms with E-state index in [0.717, 1.165) is 17.5 Å². The minimum absolute atomic E-state index is 0.0124. The zero-order valence-corrected chi connectivity index (χ0v) is 20.6. The molecule has 4 N–H and O–H groups in total.